The van der Waals surface area contributed by atoms with Gasteiger partial charge in [0.25, 0.3) is 0 Å². The van der Waals surface area contributed by atoms with E-state index in [1.807, 2.05) is 0 Å². The van der Waals surface area contributed by atoms with E-state index < -0.39 is 0 Å². The SMILES string of the molecule is N[C@H]1CN(Cc2ccccc2)CCC1c1ccccc1. The van der Waals surface area contributed by atoms with Crippen molar-refractivity contribution in [3.05, 3.63) is 71.8 Å². The van der Waals surface area contributed by atoms with Crippen LogP contribution in [-0.2, 0) is 6.54 Å². The van der Waals surface area contributed by atoms with Gasteiger partial charge in [-0.3, -0.25) is 4.90 Å². The molecule has 2 atom stereocenters. The molecule has 3 rings (SSSR count). The predicted molar refractivity (Wildman–Crippen MR) is 83.5 cm³/mol. The zero-order chi connectivity index (χ0) is 13.8. The topological polar surface area (TPSA) is 29.3 Å². The van der Waals surface area contributed by atoms with Crippen LogP contribution in [0, 0.1) is 0 Å². The number of nitrogens with two attached hydrogens (primary N) is 1. The zero-order valence-corrected chi connectivity index (χ0v) is 11.8. The highest BCUT2D eigenvalue weighted by atomic mass is 15.1. The molecule has 2 nitrogen and oxygen atoms in total. The van der Waals surface area contributed by atoms with Gasteiger partial charge in [-0.1, -0.05) is 60.7 Å². The molecule has 2 aromatic rings. The van der Waals surface area contributed by atoms with Crippen molar-refractivity contribution < 1.29 is 0 Å². The molecule has 1 heterocycles. The summed E-state index contributed by atoms with van der Waals surface area (Å²) in [5.41, 5.74) is 9.17. The van der Waals surface area contributed by atoms with Gasteiger partial charge >= 0.3 is 0 Å². The molecule has 1 aliphatic rings. The van der Waals surface area contributed by atoms with Gasteiger partial charge in [-0.2, -0.15) is 0 Å². The second kappa shape index (κ2) is 6.21. The molecule has 1 unspecified atom stereocenters. The van der Waals surface area contributed by atoms with Gasteiger partial charge in [0.15, 0.2) is 0 Å². The molecule has 0 aromatic heterocycles. The molecule has 20 heavy (non-hydrogen) atoms. The molecule has 0 amide bonds. The van der Waals surface area contributed by atoms with Gasteiger partial charge in [-0.05, 0) is 24.1 Å². The first-order valence-corrected chi connectivity index (χ1v) is 7.40. The average molecular weight is 266 g/mol. The number of hydrogen-bond acceptors (Lipinski definition) is 2. The minimum Gasteiger partial charge on any atom is -0.326 e. The van der Waals surface area contributed by atoms with Crippen molar-refractivity contribution in [2.75, 3.05) is 13.1 Å². The van der Waals surface area contributed by atoms with Crippen LogP contribution in [0.2, 0.25) is 0 Å². The number of likely N-dealkylation sites (tertiary alicyclic amines) is 1. The molecule has 0 radical (unpaired) electrons. The summed E-state index contributed by atoms with van der Waals surface area (Å²) in [5.74, 6) is 0.503. The van der Waals surface area contributed by atoms with E-state index in [-0.39, 0.29) is 6.04 Å². The van der Waals surface area contributed by atoms with Crippen LogP contribution < -0.4 is 5.73 Å². The highest BCUT2D eigenvalue weighted by molar-refractivity contribution is 5.22. The molecule has 2 heteroatoms. The summed E-state index contributed by atoms with van der Waals surface area (Å²) in [6, 6.07) is 21.6. The molecule has 0 aliphatic carbocycles. The predicted octanol–water partition coefficient (Wildman–Crippen LogP) is 3.00. The van der Waals surface area contributed by atoms with Gasteiger partial charge in [0.1, 0.15) is 0 Å². The van der Waals surface area contributed by atoms with E-state index in [0.29, 0.717) is 5.92 Å². The average Bonchev–Trinajstić information content (AvgIpc) is 2.49. The van der Waals surface area contributed by atoms with E-state index >= 15 is 0 Å². The first-order chi connectivity index (χ1) is 9.83. The van der Waals surface area contributed by atoms with Crippen LogP contribution in [0.1, 0.15) is 23.5 Å². The molecule has 104 valence electrons. The highest BCUT2D eigenvalue weighted by Crippen LogP contribution is 2.27. The van der Waals surface area contributed by atoms with Gasteiger partial charge in [0.05, 0.1) is 0 Å². The van der Waals surface area contributed by atoms with Gasteiger partial charge in [0.2, 0.25) is 0 Å². The highest BCUT2D eigenvalue weighted by Gasteiger charge is 2.27. The van der Waals surface area contributed by atoms with Crippen molar-refractivity contribution >= 4 is 0 Å². The fourth-order valence-electron chi connectivity index (χ4n) is 3.15. The molecular weight excluding hydrogens is 244 g/mol. The standard InChI is InChI=1S/C18H22N2/c19-18-14-20(13-15-7-3-1-4-8-15)12-11-17(18)16-9-5-2-6-10-16/h1-10,17-18H,11-14,19H2/t17?,18-/m0/s1. The monoisotopic (exact) mass is 266 g/mol. The maximum atomic E-state index is 6.41. The Morgan fingerprint density at radius 2 is 1.60 bits per heavy atom. The molecule has 1 saturated heterocycles. The van der Waals surface area contributed by atoms with E-state index in [0.717, 1.165) is 26.1 Å². The normalized spacial score (nSPS) is 23.6. The molecule has 2 N–H and O–H groups in total. The Bertz CT molecular complexity index is 524. The van der Waals surface area contributed by atoms with Crippen LogP contribution in [0.5, 0.6) is 0 Å². The third-order valence-electron chi connectivity index (χ3n) is 4.22. The maximum absolute atomic E-state index is 6.41. The number of rotatable bonds is 3. The summed E-state index contributed by atoms with van der Waals surface area (Å²) in [5, 5.41) is 0. The molecule has 1 fully saturated rings. The fraction of sp³-hybridized carbons (Fsp3) is 0.333. The van der Waals surface area contributed by atoms with Gasteiger partial charge in [0, 0.05) is 25.0 Å². The maximum Gasteiger partial charge on any atom is 0.0238 e. The molecule has 0 spiro atoms. The number of nitrogens with zero attached hydrogens (tertiary/aromatic N) is 1. The van der Waals surface area contributed by atoms with Gasteiger partial charge < -0.3 is 5.73 Å². The summed E-state index contributed by atoms with van der Waals surface area (Å²) >= 11 is 0. The third-order valence-corrected chi connectivity index (χ3v) is 4.22. The first kappa shape index (κ1) is 13.3. The van der Waals surface area contributed by atoms with Crippen molar-refractivity contribution in [2.24, 2.45) is 5.73 Å². The van der Waals surface area contributed by atoms with Crippen LogP contribution in [0.15, 0.2) is 60.7 Å². The first-order valence-electron chi connectivity index (χ1n) is 7.40. The second-order valence-corrected chi connectivity index (χ2v) is 5.69. The van der Waals surface area contributed by atoms with Crippen molar-refractivity contribution in [3.8, 4) is 0 Å². The van der Waals surface area contributed by atoms with Crippen LogP contribution in [-0.4, -0.2) is 24.0 Å². The summed E-state index contributed by atoms with van der Waals surface area (Å²) in [4.78, 5) is 2.47. The Labute approximate surface area is 121 Å². The summed E-state index contributed by atoms with van der Waals surface area (Å²) < 4.78 is 0. The Balaban J connectivity index is 1.62. The van der Waals surface area contributed by atoms with E-state index in [1.54, 1.807) is 0 Å². The second-order valence-electron chi connectivity index (χ2n) is 5.69. The largest absolute Gasteiger partial charge is 0.326 e. The Kier molecular flexibility index (Phi) is 4.14. The molecule has 0 saturated carbocycles. The number of piperidine rings is 1. The number of hydrogen-bond donors (Lipinski definition) is 1. The smallest absolute Gasteiger partial charge is 0.0238 e. The minimum absolute atomic E-state index is 0.231. The van der Waals surface area contributed by atoms with E-state index in [2.05, 4.69) is 65.6 Å². The Hall–Kier alpha value is -1.64. The van der Waals surface area contributed by atoms with Crippen LogP contribution >= 0.6 is 0 Å². The lowest BCUT2D eigenvalue weighted by Crippen LogP contribution is -2.46. The quantitative estimate of drug-likeness (QED) is 0.925. The lowest BCUT2D eigenvalue weighted by Gasteiger charge is -2.37. The lowest BCUT2D eigenvalue weighted by atomic mass is 9.86. The van der Waals surface area contributed by atoms with Crippen molar-refractivity contribution in [3.63, 3.8) is 0 Å². The molecule has 1 aliphatic heterocycles. The van der Waals surface area contributed by atoms with Crippen LogP contribution in [0.25, 0.3) is 0 Å². The Morgan fingerprint density at radius 1 is 0.950 bits per heavy atom. The van der Waals surface area contributed by atoms with E-state index in [9.17, 15) is 0 Å². The van der Waals surface area contributed by atoms with Crippen molar-refractivity contribution in [2.45, 2.75) is 24.9 Å². The number of benzene rings is 2. The third kappa shape index (κ3) is 3.09. The van der Waals surface area contributed by atoms with Crippen LogP contribution in [0.4, 0.5) is 0 Å². The zero-order valence-electron chi connectivity index (χ0n) is 11.8. The van der Waals surface area contributed by atoms with Crippen molar-refractivity contribution in [1.82, 2.24) is 4.90 Å². The molecule has 2 aromatic carbocycles. The Morgan fingerprint density at radius 3 is 2.25 bits per heavy atom. The van der Waals surface area contributed by atoms with Crippen molar-refractivity contribution in [1.29, 1.82) is 0 Å². The minimum atomic E-state index is 0.231. The van der Waals surface area contributed by atoms with Gasteiger partial charge in [-0.15, -0.1) is 0 Å². The lowest BCUT2D eigenvalue weighted by molar-refractivity contribution is 0.183. The summed E-state index contributed by atoms with van der Waals surface area (Å²) in [6.07, 6.45) is 1.15. The molecular formula is C18H22N2. The molecule has 0 bridgehead atoms. The van der Waals surface area contributed by atoms with E-state index in [1.165, 1.54) is 11.1 Å². The van der Waals surface area contributed by atoms with E-state index in [4.69, 9.17) is 5.73 Å². The summed E-state index contributed by atoms with van der Waals surface area (Å²) in [6.45, 7) is 3.12. The fourth-order valence-corrected chi connectivity index (χ4v) is 3.15. The van der Waals surface area contributed by atoms with Gasteiger partial charge in [-0.25, -0.2) is 0 Å². The summed E-state index contributed by atoms with van der Waals surface area (Å²) in [7, 11) is 0. The van der Waals surface area contributed by atoms with Crippen LogP contribution in [0.3, 0.4) is 0 Å².